The lowest BCUT2D eigenvalue weighted by Gasteiger charge is -2.40. The highest BCUT2D eigenvalue weighted by Gasteiger charge is 2.36. The van der Waals surface area contributed by atoms with E-state index in [-0.39, 0.29) is 68.3 Å². The Morgan fingerprint density at radius 3 is 1.18 bits per heavy atom. The van der Waals surface area contributed by atoms with Crippen LogP contribution in [0.15, 0.2) is 73.1 Å². The second kappa shape index (κ2) is 21.3. The van der Waals surface area contributed by atoms with Crippen LogP contribution >= 0.6 is 23.2 Å². The summed E-state index contributed by atoms with van der Waals surface area (Å²) in [6.45, 7) is 9.61. The molecule has 0 bridgehead atoms. The number of anilines is 4. The number of H-pyrrole nitrogens is 2. The van der Waals surface area contributed by atoms with Gasteiger partial charge in [0.25, 0.3) is 0 Å². The topological polar surface area (TPSA) is 137 Å². The van der Waals surface area contributed by atoms with Crippen molar-refractivity contribution in [1.82, 2.24) is 29.9 Å². The Balaban J connectivity index is 0.000000190. The average Bonchev–Trinajstić information content (AvgIpc) is 4.20. The zero-order valence-corrected chi connectivity index (χ0v) is 42.8. The third-order valence-electron chi connectivity index (χ3n) is 13.4. The normalized spacial score (nSPS) is 17.2. The van der Waals surface area contributed by atoms with Crippen LogP contribution in [0.2, 0.25) is 10.0 Å². The van der Waals surface area contributed by atoms with Gasteiger partial charge in [-0.1, -0.05) is 23.2 Å². The number of imidazole rings is 2. The van der Waals surface area contributed by atoms with E-state index in [1.165, 1.54) is 0 Å². The highest BCUT2D eigenvalue weighted by atomic mass is 35.5. The lowest BCUT2D eigenvalue weighted by molar-refractivity contribution is -0.138. The lowest BCUT2D eigenvalue weighted by atomic mass is 10.0. The SMILES string of the molecule is C[C@@H]1CN(c2ncc([C@@H](C)O)cc2Cl)CCN1c1nc2c(-c3cc(F)c(F)c(F)c3)cc(C(F)(F)F)cc2[nH]1.C[C@H](O)c1cnc(N2CCN(c3nc4c(-c5cc(F)c(F)c(F)c5)cc(C(F)(F)F)cc4[nH]3)[C@H](C)C2)c(Cl)c1. The molecule has 12 nitrogen and oxygen atoms in total. The van der Waals surface area contributed by atoms with Crippen LogP contribution in [0.1, 0.15) is 62.2 Å². The van der Waals surface area contributed by atoms with Gasteiger partial charge in [0.1, 0.15) is 11.6 Å². The molecular formula is C52H44Cl2F12N10O2. The maximum Gasteiger partial charge on any atom is 0.416 e. The number of nitrogens with zero attached hydrogens (tertiary/aromatic N) is 8. The van der Waals surface area contributed by atoms with Crippen LogP contribution < -0.4 is 19.6 Å². The third kappa shape index (κ3) is 11.2. The summed E-state index contributed by atoms with van der Waals surface area (Å²) in [4.78, 5) is 31.2. The fourth-order valence-corrected chi connectivity index (χ4v) is 10.0. The molecule has 0 saturated carbocycles. The van der Waals surface area contributed by atoms with E-state index in [9.17, 15) is 62.9 Å². The summed E-state index contributed by atoms with van der Waals surface area (Å²) < 4.78 is 165. The molecule has 0 spiro atoms. The van der Waals surface area contributed by atoms with Crippen molar-refractivity contribution in [1.29, 1.82) is 0 Å². The fourth-order valence-electron chi connectivity index (χ4n) is 9.41. The van der Waals surface area contributed by atoms with Crippen molar-refractivity contribution in [3.63, 3.8) is 0 Å². The van der Waals surface area contributed by atoms with E-state index in [0.29, 0.717) is 96.3 Å². The third-order valence-corrected chi connectivity index (χ3v) is 14.0. The first-order valence-electron chi connectivity index (χ1n) is 23.9. The molecule has 6 heterocycles. The summed E-state index contributed by atoms with van der Waals surface area (Å²) in [5.41, 5.74) is -1.77. The predicted molar refractivity (Wildman–Crippen MR) is 271 cm³/mol. The van der Waals surface area contributed by atoms with E-state index in [1.807, 2.05) is 33.4 Å². The first kappa shape index (κ1) is 55.7. The van der Waals surface area contributed by atoms with Crippen molar-refractivity contribution in [3.05, 3.63) is 140 Å². The van der Waals surface area contributed by atoms with E-state index in [4.69, 9.17) is 23.2 Å². The van der Waals surface area contributed by atoms with Crippen LogP contribution in [-0.2, 0) is 12.4 Å². The molecule has 2 aliphatic rings. The van der Waals surface area contributed by atoms with Gasteiger partial charge in [-0.2, -0.15) is 26.3 Å². The molecule has 412 valence electrons. The fraction of sp³-hybridized carbons (Fsp3) is 0.308. The first-order valence-corrected chi connectivity index (χ1v) is 24.6. The molecule has 2 saturated heterocycles. The average molecular weight is 1140 g/mol. The van der Waals surface area contributed by atoms with Crippen LogP contribution in [0.5, 0.6) is 0 Å². The summed E-state index contributed by atoms with van der Waals surface area (Å²) in [6, 6.07) is 8.70. The Bertz CT molecular complexity index is 3300. The molecule has 4 atom stereocenters. The Kier molecular flexibility index (Phi) is 15.2. The Morgan fingerprint density at radius 1 is 0.538 bits per heavy atom. The number of nitrogens with one attached hydrogen (secondary N) is 2. The molecule has 2 fully saturated rings. The van der Waals surface area contributed by atoms with Crippen molar-refractivity contribution in [2.75, 3.05) is 58.9 Å². The van der Waals surface area contributed by atoms with Crippen molar-refractivity contribution in [2.24, 2.45) is 0 Å². The van der Waals surface area contributed by atoms with Gasteiger partial charge in [0.15, 0.2) is 34.9 Å². The molecule has 0 aliphatic carbocycles. The minimum atomic E-state index is -4.75. The number of hydrogen-bond acceptors (Lipinski definition) is 10. The van der Waals surface area contributed by atoms with E-state index in [0.717, 1.165) is 24.3 Å². The van der Waals surface area contributed by atoms with E-state index >= 15 is 0 Å². The van der Waals surface area contributed by atoms with Gasteiger partial charge in [-0.15, -0.1) is 0 Å². The zero-order chi connectivity index (χ0) is 56.4. The van der Waals surface area contributed by atoms with Gasteiger partial charge < -0.3 is 39.8 Å². The minimum absolute atomic E-state index is 0.00743. The standard InChI is InChI=1S/2C26H22ClF6N5O/c2*1-12-11-37(24-18(27)5-15(10-34-24)13(2)39)3-4-38(12)25-35-21-9-16(26(31,32)33)8-17(23(21)36-25)14-6-19(28)22(30)20(29)7-14/h2*5-10,12-13,39H,3-4,11H2,1-2H3,(H,35,36)/t12-,13+;12-,13-/m11/s1. The second-order valence-electron chi connectivity index (χ2n) is 18.9. The van der Waals surface area contributed by atoms with Crippen LogP contribution in [0, 0.1) is 34.9 Å². The van der Waals surface area contributed by atoms with Crippen molar-refractivity contribution < 1.29 is 62.9 Å². The van der Waals surface area contributed by atoms with Crippen molar-refractivity contribution in [3.8, 4) is 22.3 Å². The number of alkyl halides is 6. The molecule has 10 rings (SSSR count). The quantitative estimate of drug-likeness (QED) is 0.0860. The first-order chi connectivity index (χ1) is 36.7. The maximum atomic E-state index is 14.0. The summed E-state index contributed by atoms with van der Waals surface area (Å²) >= 11 is 12.8. The molecular weight excluding hydrogens is 1100 g/mol. The maximum absolute atomic E-state index is 14.0. The number of aromatic nitrogens is 6. The second-order valence-corrected chi connectivity index (χ2v) is 19.8. The van der Waals surface area contributed by atoms with Crippen LogP contribution in [0.25, 0.3) is 44.3 Å². The van der Waals surface area contributed by atoms with Crippen molar-refractivity contribution >= 4 is 68.8 Å². The van der Waals surface area contributed by atoms with E-state index < -0.39 is 70.6 Å². The summed E-state index contributed by atoms with van der Waals surface area (Å²) in [5.74, 6) is -7.92. The number of pyridine rings is 2. The predicted octanol–water partition coefficient (Wildman–Crippen LogP) is 13.0. The number of rotatable bonds is 8. The number of aliphatic hydroxyl groups excluding tert-OH is 2. The molecule has 0 amide bonds. The van der Waals surface area contributed by atoms with Gasteiger partial charge in [-0.25, -0.2) is 46.3 Å². The molecule has 4 aromatic carbocycles. The van der Waals surface area contributed by atoms with Gasteiger partial charge in [-0.3, -0.25) is 0 Å². The molecule has 0 radical (unpaired) electrons. The van der Waals surface area contributed by atoms with Crippen LogP contribution in [0.3, 0.4) is 0 Å². The zero-order valence-electron chi connectivity index (χ0n) is 41.2. The number of aliphatic hydroxyl groups is 2. The highest BCUT2D eigenvalue weighted by Crippen LogP contribution is 2.41. The van der Waals surface area contributed by atoms with Crippen molar-refractivity contribution in [2.45, 2.75) is 64.3 Å². The number of halogens is 14. The minimum Gasteiger partial charge on any atom is -0.389 e. The summed E-state index contributed by atoms with van der Waals surface area (Å²) in [7, 11) is 0. The molecule has 78 heavy (non-hydrogen) atoms. The van der Waals surface area contributed by atoms with Gasteiger partial charge in [0.2, 0.25) is 11.9 Å². The Labute approximate surface area is 445 Å². The smallest absolute Gasteiger partial charge is 0.389 e. The van der Waals surface area contributed by atoms with Crippen LogP contribution in [-0.4, -0.2) is 91.5 Å². The van der Waals surface area contributed by atoms with E-state index in [1.54, 1.807) is 38.4 Å². The Hall–Kier alpha value is -7.02. The monoisotopic (exact) mass is 1140 g/mol. The number of benzene rings is 4. The molecule has 4 aromatic heterocycles. The number of piperazine rings is 2. The summed E-state index contributed by atoms with van der Waals surface area (Å²) in [6.07, 6.45) is -7.86. The van der Waals surface area contributed by atoms with E-state index in [2.05, 4.69) is 29.9 Å². The van der Waals surface area contributed by atoms with Gasteiger partial charge in [0.05, 0.1) is 55.4 Å². The molecule has 26 heteroatoms. The summed E-state index contributed by atoms with van der Waals surface area (Å²) in [5, 5.41) is 20.3. The molecule has 2 aliphatic heterocycles. The largest absolute Gasteiger partial charge is 0.416 e. The number of aromatic amines is 2. The van der Waals surface area contributed by atoms with Crippen LogP contribution in [0.4, 0.5) is 76.2 Å². The molecule has 8 aromatic rings. The van der Waals surface area contributed by atoms with Gasteiger partial charge >= 0.3 is 12.4 Å². The van der Waals surface area contributed by atoms with Gasteiger partial charge in [-0.05, 0) is 99.5 Å². The number of fused-ring (bicyclic) bond motifs is 2. The van der Waals surface area contributed by atoms with Gasteiger partial charge in [0, 0.05) is 86.0 Å². The molecule has 4 N–H and O–H groups in total. The Morgan fingerprint density at radius 2 is 0.885 bits per heavy atom. The highest BCUT2D eigenvalue weighted by molar-refractivity contribution is 6.33. The molecule has 0 unspecified atom stereocenters. The lowest BCUT2D eigenvalue weighted by Crippen LogP contribution is -2.52. The number of hydrogen-bond donors (Lipinski definition) is 4.